The predicted molar refractivity (Wildman–Crippen MR) is 158 cm³/mol. The lowest BCUT2D eigenvalue weighted by atomic mass is 10.1. The van der Waals surface area contributed by atoms with Crippen LogP contribution in [-0.4, -0.2) is 50.9 Å². The van der Waals surface area contributed by atoms with Crippen LogP contribution in [0, 0.1) is 11.7 Å². The van der Waals surface area contributed by atoms with E-state index in [1.807, 2.05) is 20.8 Å². The molecule has 0 aliphatic heterocycles. The molecule has 0 fully saturated rings. The number of nitrogens with zero attached hydrogens (tertiary/aromatic N) is 2. The summed E-state index contributed by atoms with van der Waals surface area (Å²) in [5.41, 5.74) is 0.797. The molecule has 0 radical (unpaired) electrons. The number of benzene rings is 3. The smallest absolute Gasteiger partial charge is 0.264 e. The van der Waals surface area contributed by atoms with Gasteiger partial charge >= 0.3 is 0 Å². The van der Waals surface area contributed by atoms with Gasteiger partial charge in [0.25, 0.3) is 10.0 Å². The van der Waals surface area contributed by atoms with Gasteiger partial charge in [-0.25, -0.2) is 12.8 Å². The van der Waals surface area contributed by atoms with E-state index in [2.05, 4.69) is 5.32 Å². The minimum absolute atomic E-state index is 0.0344. The van der Waals surface area contributed by atoms with Gasteiger partial charge in [0.05, 0.1) is 17.2 Å². The van der Waals surface area contributed by atoms with E-state index in [0.29, 0.717) is 29.5 Å². The Balaban J connectivity index is 1.99. The number of nitrogens with one attached hydrogen (secondary N) is 1. The van der Waals surface area contributed by atoms with Gasteiger partial charge < -0.3 is 15.0 Å². The molecule has 0 spiro atoms. The zero-order valence-electron chi connectivity index (χ0n) is 23.5. The molecule has 0 aromatic heterocycles. The number of amides is 2. The topological polar surface area (TPSA) is 96.0 Å². The number of rotatable bonds is 13. The number of hydrogen-bond acceptors (Lipinski definition) is 5. The van der Waals surface area contributed by atoms with Gasteiger partial charge in [0.2, 0.25) is 11.8 Å². The van der Waals surface area contributed by atoms with E-state index in [0.717, 1.165) is 16.4 Å². The van der Waals surface area contributed by atoms with Gasteiger partial charge in [0.1, 0.15) is 24.2 Å². The second-order valence-corrected chi connectivity index (χ2v) is 12.2. The van der Waals surface area contributed by atoms with Gasteiger partial charge in [-0.3, -0.25) is 13.9 Å². The Morgan fingerprint density at radius 2 is 1.56 bits per heavy atom. The van der Waals surface area contributed by atoms with Gasteiger partial charge in [-0.15, -0.1) is 0 Å². The van der Waals surface area contributed by atoms with Crippen molar-refractivity contribution in [3.63, 3.8) is 0 Å². The molecule has 3 aromatic rings. The summed E-state index contributed by atoms with van der Waals surface area (Å²) < 4.78 is 47.8. The molecule has 2 amide bonds. The van der Waals surface area contributed by atoms with Crippen LogP contribution in [0.3, 0.4) is 0 Å². The minimum atomic E-state index is -4.28. The van der Waals surface area contributed by atoms with Crippen molar-refractivity contribution in [3.8, 4) is 5.75 Å². The van der Waals surface area contributed by atoms with E-state index in [9.17, 15) is 22.4 Å². The Bertz CT molecular complexity index is 1420. The zero-order valence-corrected chi connectivity index (χ0v) is 25.1. The third-order valence-electron chi connectivity index (χ3n) is 6.23. The summed E-state index contributed by atoms with van der Waals surface area (Å²) in [6.07, 6.45) is 0. The molecule has 8 nitrogen and oxygen atoms in total. The Morgan fingerprint density at radius 3 is 2.12 bits per heavy atom. The normalized spacial score (nSPS) is 12.1. The molecular weight excluding hydrogens is 569 g/mol. The van der Waals surface area contributed by atoms with Crippen LogP contribution in [-0.2, 0) is 26.2 Å². The first kappa shape index (κ1) is 31.9. The molecule has 11 heteroatoms. The molecule has 0 saturated heterocycles. The first-order valence-corrected chi connectivity index (χ1v) is 15.1. The quantitative estimate of drug-likeness (QED) is 0.287. The average molecular weight is 604 g/mol. The van der Waals surface area contributed by atoms with E-state index in [-0.39, 0.29) is 29.0 Å². The first-order chi connectivity index (χ1) is 19.4. The van der Waals surface area contributed by atoms with Crippen LogP contribution in [0.2, 0.25) is 5.02 Å². The molecule has 41 heavy (non-hydrogen) atoms. The Hall–Kier alpha value is -3.63. The minimum Gasteiger partial charge on any atom is -0.494 e. The largest absolute Gasteiger partial charge is 0.494 e. The Labute approximate surface area is 246 Å². The van der Waals surface area contributed by atoms with Crippen molar-refractivity contribution in [2.75, 3.05) is 24.0 Å². The van der Waals surface area contributed by atoms with Crippen LogP contribution in [0.4, 0.5) is 10.1 Å². The number of carbonyl (C=O) groups excluding carboxylic acids is 2. The summed E-state index contributed by atoms with van der Waals surface area (Å²) in [4.78, 5) is 28.2. The van der Waals surface area contributed by atoms with Crippen molar-refractivity contribution in [2.24, 2.45) is 5.92 Å². The highest BCUT2D eigenvalue weighted by Gasteiger charge is 2.32. The summed E-state index contributed by atoms with van der Waals surface area (Å²) in [5, 5.41) is 3.35. The molecule has 0 aliphatic rings. The van der Waals surface area contributed by atoms with E-state index in [1.54, 1.807) is 31.2 Å². The lowest BCUT2D eigenvalue weighted by Crippen LogP contribution is -2.51. The third kappa shape index (κ3) is 8.68. The van der Waals surface area contributed by atoms with Crippen molar-refractivity contribution in [2.45, 2.75) is 45.2 Å². The lowest BCUT2D eigenvalue weighted by molar-refractivity contribution is -0.139. The molecule has 0 heterocycles. The van der Waals surface area contributed by atoms with Crippen molar-refractivity contribution in [3.05, 3.63) is 89.2 Å². The van der Waals surface area contributed by atoms with Crippen molar-refractivity contribution in [1.82, 2.24) is 10.2 Å². The van der Waals surface area contributed by atoms with E-state index >= 15 is 0 Å². The van der Waals surface area contributed by atoms with Crippen LogP contribution in [0.5, 0.6) is 5.75 Å². The molecule has 220 valence electrons. The fourth-order valence-electron chi connectivity index (χ4n) is 3.96. The summed E-state index contributed by atoms with van der Waals surface area (Å²) in [6.45, 7) is 7.54. The fraction of sp³-hybridized carbons (Fsp3) is 0.333. The summed E-state index contributed by atoms with van der Waals surface area (Å²) in [7, 11) is -4.28. The zero-order chi connectivity index (χ0) is 30.2. The molecule has 0 bridgehead atoms. The van der Waals surface area contributed by atoms with Gasteiger partial charge in [-0.2, -0.15) is 0 Å². The second kappa shape index (κ2) is 14.3. The maximum absolute atomic E-state index is 13.9. The Morgan fingerprint density at radius 1 is 0.951 bits per heavy atom. The summed E-state index contributed by atoms with van der Waals surface area (Å²) in [6, 6.07) is 16.5. The second-order valence-electron chi connectivity index (χ2n) is 9.86. The van der Waals surface area contributed by atoms with Crippen LogP contribution < -0.4 is 14.4 Å². The van der Waals surface area contributed by atoms with Gasteiger partial charge in [0.15, 0.2) is 0 Å². The van der Waals surface area contributed by atoms with Gasteiger partial charge in [0, 0.05) is 18.1 Å². The molecule has 0 unspecified atom stereocenters. The standard InChI is InChI=1S/C30H35ClFN3O5S/c1-5-40-27-14-16-28(17-15-27)41(38,39)35(26-12-10-25(32)11-13-26)20-29(36)34(19-23-6-8-24(31)9-7-23)22(4)30(37)33-18-21(2)3/h6-17,21-22H,5,18-20H2,1-4H3,(H,33,37)/t22-/m0/s1. The highest BCUT2D eigenvalue weighted by atomic mass is 35.5. The molecule has 1 N–H and O–H groups in total. The maximum atomic E-state index is 13.9. The van der Waals surface area contributed by atoms with Gasteiger partial charge in [-0.05, 0) is 86.0 Å². The molecular formula is C30H35ClFN3O5S. The van der Waals surface area contributed by atoms with Crippen molar-refractivity contribution >= 4 is 39.1 Å². The summed E-state index contributed by atoms with van der Waals surface area (Å²) in [5.74, 6) is -0.862. The number of halogens is 2. The highest BCUT2D eigenvalue weighted by Crippen LogP contribution is 2.26. The van der Waals surface area contributed by atoms with Crippen molar-refractivity contribution in [1.29, 1.82) is 0 Å². The Kier molecular flexibility index (Phi) is 11.1. The van der Waals surface area contributed by atoms with Crippen LogP contribution >= 0.6 is 11.6 Å². The van der Waals surface area contributed by atoms with Gasteiger partial charge in [-0.1, -0.05) is 37.6 Å². The van der Waals surface area contributed by atoms with E-state index in [4.69, 9.17) is 16.3 Å². The van der Waals surface area contributed by atoms with Crippen molar-refractivity contribution < 1.29 is 27.1 Å². The van der Waals surface area contributed by atoms with Crippen LogP contribution in [0.25, 0.3) is 0 Å². The SMILES string of the molecule is CCOc1ccc(S(=O)(=O)N(CC(=O)N(Cc2ccc(Cl)cc2)[C@@H](C)C(=O)NCC(C)C)c2ccc(F)cc2)cc1. The predicted octanol–water partition coefficient (Wildman–Crippen LogP) is 5.26. The highest BCUT2D eigenvalue weighted by molar-refractivity contribution is 7.92. The number of anilines is 1. The number of sulfonamides is 1. The van der Waals surface area contributed by atoms with Crippen LogP contribution in [0.15, 0.2) is 77.7 Å². The number of ether oxygens (including phenoxy) is 1. The monoisotopic (exact) mass is 603 g/mol. The molecule has 0 aliphatic carbocycles. The summed E-state index contributed by atoms with van der Waals surface area (Å²) >= 11 is 6.03. The average Bonchev–Trinajstić information content (AvgIpc) is 2.94. The molecule has 3 rings (SSSR count). The van der Waals surface area contributed by atoms with E-state index in [1.165, 1.54) is 41.3 Å². The maximum Gasteiger partial charge on any atom is 0.264 e. The number of carbonyl (C=O) groups is 2. The molecule has 1 atom stereocenters. The van der Waals surface area contributed by atoms with Crippen LogP contribution in [0.1, 0.15) is 33.3 Å². The van der Waals surface area contributed by atoms with E-state index < -0.39 is 34.3 Å². The third-order valence-corrected chi connectivity index (χ3v) is 8.27. The fourth-order valence-corrected chi connectivity index (χ4v) is 5.50. The lowest BCUT2D eigenvalue weighted by Gasteiger charge is -2.32. The molecule has 3 aromatic carbocycles. The number of hydrogen-bond donors (Lipinski definition) is 1. The molecule has 0 saturated carbocycles. The first-order valence-electron chi connectivity index (χ1n) is 13.2.